The summed E-state index contributed by atoms with van der Waals surface area (Å²) >= 11 is 3.43. The lowest BCUT2D eigenvalue weighted by atomic mass is 10.1. The Bertz CT molecular complexity index is 353. The van der Waals surface area contributed by atoms with E-state index in [0.717, 1.165) is 28.7 Å². The van der Waals surface area contributed by atoms with Crippen LogP contribution in [-0.2, 0) is 4.79 Å². The first-order valence-corrected chi connectivity index (χ1v) is 4.84. The van der Waals surface area contributed by atoms with Gasteiger partial charge in [-0.2, -0.15) is 0 Å². The lowest BCUT2D eigenvalue weighted by Crippen LogP contribution is -2.16. The minimum Gasteiger partial charge on any atom is -0.358 e. The third-order valence-corrected chi connectivity index (χ3v) is 2.97. The van der Waals surface area contributed by atoms with Gasteiger partial charge >= 0.3 is 0 Å². The Morgan fingerprint density at radius 1 is 1.77 bits per heavy atom. The summed E-state index contributed by atoms with van der Waals surface area (Å²) < 4.78 is 0.971. The van der Waals surface area contributed by atoms with Crippen molar-refractivity contribution in [1.29, 1.82) is 0 Å². The van der Waals surface area contributed by atoms with E-state index in [1.807, 2.05) is 18.0 Å². The number of anilines is 1. The van der Waals surface area contributed by atoms with Crippen LogP contribution in [0.1, 0.15) is 11.5 Å². The molecule has 0 saturated heterocycles. The molecule has 0 fully saturated rings. The Morgan fingerprint density at radius 3 is 3.23 bits per heavy atom. The second-order valence-electron chi connectivity index (χ2n) is 3.15. The number of hydrogen-bond acceptors (Lipinski definition) is 3. The van der Waals surface area contributed by atoms with E-state index in [4.69, 9.17) is 0 Å². The van der Waals surface area contributed by atoms with Crippen LogP contribution in [0.5, 0.6) is 0 Å². The van der Waals surface area contributed by atoms with Crippen molar-refractivity contribution in [2.24, 2.45) is 0 Å². The van der Waals surface area contributed by atoms with Gasteiger partial charge in [-0.15, -0.1) is 0 Å². The first kappa shape index (κ1) is 8.69. The molecule has 13 heavy (non-hydrogen) atoms. The van der Waals surface area contributed by atoms with Crippen LogP contribution in [0.15, 0.2) is 16.7 Å². The average molecular weight is 241 g/mol. The summed E-state index contributed by atoms with van der Waals surface area (Å²) in [6, 6.07) is 1.87. The largest absolute Gasteiger partial charge is 0.358 e. The van der Waals surface area contributed by atoms with Crippen LogP contribution in [0, 0.1) is 0 Å². The van der Waals surface area contributed by atoms with E-state index in [0.29, 0.717) is 0 Å². The number of carbonyl (C=O) groups is 1. The van der Waals surface area contributed by atoms with Gasteiger partial charge < -0.3 is 9.69 Å². The predicted octanol–water partition coefficient (Wildman–Crippen LogP) is 1.58. The number of aldehydes is 1. The number of hydrogen-bond donors (Lipinski definition) is 0. The molecule has 0 spiro atoms. The zero-order valence-corrected chi connectivity index (χ0v) is 8.78. The average Bonchev–Trinajstić information content (AvgIpc) is 2.45. The van der Waals surface area contributed by atoms with Gasteiger partial charge in [0, 0.05) is 29.8 Å². The van der Waals surface area contributed by atoms with Crippen LogP contribution < -0.4 is 4.90 Å². The molecule has 0 amide bonds. The summed E-state index contributed by atoms with van der Waals surface area (Å²) in [6.45, 7) is 0.731. The number of rotatable bonds is 1. The van der Waals surface area contributed by atoms with Gasteiger partial charge in [-0.05, 0) is 6.07 Å². The fourth-order valence-electron chi connectivity index (χ4n) is 1.67. The summed E-state index contributed by atoms with van der Waals surface area (Å²) in [5.74, 6) is 0.870. The van der Waals surface area contributed by atoms with Gasteiger partial charge in [-0.1, -0.05) is 15.9 Å². The highest BCUT2D eigenvalue weighted by atomic mass is 79.9. The van der Waals surface area contributed by atoms with Crippen molar-refractivity contribution in [3.05, 3.63) is 22.3 Å². The van der Waals surface area contributed by atoms with Gasteiger partial charge in [0.2, 0.25) is 0 Å². The number of pyridine rings is 1. The van der Waals surface area contributed by atoms with Gasteiger partial charge in [0.05, 0.1) is 5.92 Å². The minimum absolute atomic E-state index is 0.0388. The molecule has 0 bridgehead atoms. The fourth-order valence-corrected chi connectivity index (χ4v) is 2.26. The predicted molar refractivity (Wildman–Crippen MR) is 54.0 cm³/mol. The molecule has 1 aliphatic heterocycles. The van der Waals surface area contributed by atoms with Crippen LogP contribution in [0.2, 0.25) is 0 Å². The molecule has 1 aromatic heterocycles. The molecule has 1 aromatic rings. The van der Waals surface area contributed by atoms with E-state index in [1.165, 1.54) is 0 Å². The van der Waals surface area contributed by atoms with E-state index < -0.39 is 0 Å². The molecule has 3 nitrogen and oxygen atoms in total. The molecule has 0 aliphatic carbocycles. The topological polar surface area (TPSA) is 33.2 Å². The van der Waals surface area contributed by atoms with Crippen LogP contribution in [0.4, 0.5) is 5.82 Å². The van der Waals surface area contributed by atoms with Gasteiger partial charge in [0.25, 0.3) is 0 Å². The molecular formula is C9H9BrN2O. The van der Waals surface area contributed by atoms with Crippen molar-refractivity contribution in [2.45, 2.75) is 5.92 Å². The molecule has 68 valence electrons. The molecule has 1 unspecified atom stereocenters. The lowest BCUT2D eigenvalue weighted by Gasteiger charge is -2.09. The van der Waals surface area contributed by atoms with E-state index >= 15 is 0 Å². The van der Waals surface area contributed by atoms with E-state index in [-0.39, 0.29) is 5.92 Å². The van der Waals surface area contributed by atoms with E-state index in [1.54, 1.807) is 6.20 Å². The highest BCUT2D eigenvalue weighted by molar-refractivity contribution is 9.10. The highest BCUT2D eigenvalue weighted by Gasteiger charge is 2.28. The van der Waals surface area contributed by atoms with Crippen LogP contribution in [-0.4, -0.2) is 24.9 Å². The molecule has 0 radical (unpaired) electrons. The zero-order chi connectivity index (χ0) is 9.42. The van der Waals surface area contributed by atoms with Crippen LogP contribution in [0.25, 0.3) is 0 Å². The maximum Gasteiger partial charge on any atom is 0.133 e. The van der Waals surface area contributed by atoms with Crippen molar-refractivity contribution in [2.75, 3.05) is 18.5 Å². The Hall–Kier alpha value is -0.900. The molecule has 4 heteroatoms. The first-order chi connectivity index (χ1) is 6.24. The standard InChI is InChI=1S/C9H9BrN2O/c1-12-4-6(5-13)8-7(10)2-3-11-9(8)12/h2-3,5-6H,4H2,1H3. The monoisotopic (exact) mass is 240 g/mol. The fraction of sp³-hybridized carbons (Fsp3) is 0.333. The summed E-state index contributed by atoms with van der Waals surface area (Å²) in [7, 11) is 1.95. The highest BCUT2D eigenvalue weighted by Crippen LogP contribution is 2.36. The summed E-state index contributed by atoms with van der Waals surface area (Å²) in [6.07, 6.45) is 2.72. The van der Waals surface area contributed by atoms with Crippen molar-refractivity contribution in [1.82, 2.24) is 4.98 Å². The molecule has 2 heterocycles. The van der Waals surface area contributed by atoms with Crippen molar-refractivity contribution in [3.63, 3.8) is 0 Å². The second-order valence-corrected chi connectivity index (χ2v) is 4.01. The van der Waals surface area contributed by atoms with Gasteiger partial charge in [0.15, 0.2) is 0 Å². The molecular weight excluding hydrogens is 232 g/mol. The summed E-state index contributed by atoms with van der Waals surface area (Å²) in [5, 5.41) is 0. The number of aromatic nitrogens is 1. The first-order valence-electron chi connectivity index (χ1n) is 4.05. The molecule has 0 N–H and O–H groups in total. The van der Waals surface area contributed by atoms with Crippen molar-refractivity contribution >= 4 is 28.0 Å². The molecule has 0 saturated carbocycles. The molecule has 1 aliphatic rings. The van der Waals surface area contributed by atoms with Crippen molar-refractivity contribution in [3.8, 4) is 0 Å². The maximum absolute atomic E-state index is 10.8. The Morgan fingerprint density at radius 2 is 2.54 bits per heavy atom. The second kappa shape index (κ2) is 3.10. The van der Waals surface area contributed by atoms with Crippen LogP contribution in [0.3, 0.4) is 0 Å². The maximum atomic E-state index is 10.8. The Balaban J connectivity index is 2.58. The van der Waals surface area contributed by atoms with Gasteiger partial charge in [-0.3, -0.25) is 0 Å². The summed E-state index contributed by atoms with van der Waals surface area (Å²) in [5.41, 5.74) is 1.01. The quantitative estimate of drug-likeness (QED) is 0.700. The zero-order valence-electron chi connectivity index (χ0n) is 7.20. The third-order valence-electron chi connectivity index (χ3n) is 2.28. The molecule has 1 atom stereocenters. The number of nitrogens with zero attached hydrogens (tertiary/aromatic N) is 2. The minimum atomic E-state index is -0.0388. The lowest BCUT2D eigenvalue weighted by molar-refractivity contribution is -0.108. The number of halogens is 1. The number of fused-ring (bicyclic) bond motifs is 1. The SMILES string of the molecule is CN1CC(C=O)c2c(Br)ccnc21. The van der Waals surface area contributed by atoms with Crippen molar-refractivity contribution < 1.29 is 4.79 Å². The number of likely N-dealkylation sites (N-methyl/N-ethyl adjacent to an activating group) is 1. The Labute approximate surface area is 84.9 Å². The van der Waals surface area contributed by atoms with E-state index in [9.17, 15) is 4.79 Å². The van der Waals surface area contributed by atoms with Crippen LogP contribution >= 0.6 is 15.9 Å². The van der Waals surface area contributed by atoms with Gasteiger partial charge in [-0.25, -0.2) is 4.98 Å². The van der Waals surface area contributed by atoms with Gasteiger partial charge in [0.1, 0.15) is 12.1 Å². The third kappa shape index (κ3) is 1.25. The molecule has 2 rings (SSSR count). The molecule has 0 aromatic carbocycles. The summed E-state index contributed by atoms with van der Waals surface area (Å²) in [4.78, 5) is 17.0. The smallest absolute Gasteiger partial charge is 0.133 e. The Kier molecular flexibility index (Phi) is 2.07. The normalized spacial score (nSPS) is 20.2. The van der Waals surface area contributed by atoms with E-state index in [2.05, 4.69) is 20.9 Å². The number of carbonyl (C=O) groups excluding carboxylic acids is 1.